The van der Waals surface area contributed by atoms with Crippen molar-refractivity contribution >= 4 is 0 Å². The van der Waals surface area contributed by atoms with E-state index in [0.717, 1.165) is 19.6 Å². The van der Waals surface area contributed by atoms with Crippen molar-refractivity contribution in [3.63, 3.8) is 0 Å². The van der Waals surface area contributed by atoms with Gasteiger partial charge in [0, 0.05) is 37.8 Å². The molecule has 1 aliphatic heterocycles. The van der Waals surface area contributed by atoms with Crippen LogP contribution in [0.15, 0.2) is 0 Å². The van der Waals surface area contributed by atoms with E-state index in [0.29, 0.717) is 12.1 Å². The highest BCUT2D eigenvalue weighted by atomic mass is 15.2. The average molecular weight is 171 g/mol. The molecule has 0 aromatic carbocycles. The number of hydrogen-bond acceptors (Lipinski definition) is 3. The normalized spacial score (nSPS) is 35.0. The smallest absolute Gasteiger partial charge is 0.0196 e. The molecule has 0 saturated carbocycles. The maximum absolute atomic E-state index is 5.79. The minimum Gasteiger partial charge on any atom is -0.327 e. The van der Waals surface area contributed by atoms with E-state index in [1.807, 2.05) is 0 Å². The molecule has 3 atom stereocenters. The summed E-state index contributed by atoms with van der Waals surface area (Å²) in [5, 5.41) is 3.41. The van der Waals surface area contributed by atoms with Crippen LogP contribution in [0.4, 0.5) is 0 Å². The van der Waals surface area contributed by atoms with Crippen LogP contribution in [0.25, 0.3) is 0 Å². The van der Waals surface area contributed by atoms with Crippen LogP contribution >= 0.6 is 0 Å². The summed E-state index contributed by atoms with van der Waals surface area (Å²) in [5.74, 6) is 0. The van der Waals surface area contributed by atoms with Crippen molar-refractivity contribution in [3.05, 3.63) is 0 Å². The highest BCUT2D eigenvalue weighted by Crippen LogP contribution is 2.09. The molecule has 0 aliphatic carbocycles. The largest absolute Gasteiger partial charge is 0.327 e. The standard InChI is InChI=1S/C9H21N3/c1-7(10)6-12-8(2)4-11-5-9(12)3/h7-9,11H,4-6,10H2,1-3H3. The number of rotatable bonds is 2. The van der Waals surface area contributed by atoms with Crippen molar-refractivity contribution in [2.45, 2.75) is 38.9 Å². The van der Waals surface area contributed by atoms with Gasteiger partial charge in [0.2, 0.25) is 0 Å². The molecule has 72 valence electrons. The molecule has 0 amide bonds. The van der Waals surface area contributed by atoms with Crippen molar-refractivity contribution in [3.8, 4) is 0 Å². The fourth-order valence-corrected chi connectivity index (χ4v) is 1.86. The molecule has 0 bridgehead atoms. The Morgan fingerprint density at radius 1 is 1.42 bits per heavy atom. The maximum atomic E-state index is 5.79. The first-order chi connectivity index (χ1) is 5.61. The topological polar surface area (TPSA) is 41.3 Å². The Bertz CT molecular complexity index is 126. The Morgan fingerprint density at radius 2 is 1.92 bits per heavy atom. The molecule has 3 heteroatoms. The molecule has 3 unspecified atom stereocenters. The molecule has 0 aromatic heterocycles. The van der Waals surface area contributed by atoms with Crippen molar-refractivity contribution < 1.29 is 0 Å². The van der Waals surface area contributed by atoms with Crippen molar-refractivity contribution in [1.29, 1.82) is 0 Å². The van der Waals surface area contributed by atoms with E-state index >= 15 is 0 Å². The van der Waals surface area contributed by atoms with E-state index in [1.165, 1.54) is 0 Å². The summed E-state index contributed by atoms with van der Waals surface area (Å²) in [6, 6.07) is 1.53. The van der Waals surface area contributed by atoms with Crippen molar-refractivity contribution in [1.82, 2.24) is 10.2 Å². The summed E-state index contributed by atoms with van der Waals surface area (Å²) in [6.45, 7) is 9.79. The zero-order chi connectivity index (χ0) is 9.14. The zero-order valence-electron chi connectivity index (χ0n) is 8.38. The van der Waals surface area contributed by atoms with Gasteiger partial charge in [0.15, 0.2) is 0 Å². The van der Waals surface area contributed by atoms with Crippen molar-refractivity contribution in [2.24, 2.45) is 5.73 Å². The first-order valence-electron chi connectivity index (χ1n) is 4.83. The average Bonchev–Trinajstić information content (AvgIpc) is 1.97. The predicted octanol–water partition coefficient (Wildman–Crippen LogP) is 0.0158. The van der Waals surface area contributed by atoms with E-state index in [9.17, 15) is 0 Å². The van der Waals surface area contributed by atoms with E-state index in [-0.39, 0.29) is 6.04 Å². The number of nitrogens with two attached hydrogens (primary N) is 1. The van der Waals surface area contributed by atoms with Crippen LogP contribution in [-0.2, 0) is 0 Å². The monoisotopic (exact) mass is 171 g/mol. The van der Waals surface area contributed by atoms with Gasteiger partial charge in [-0.05, 0) is 20.8 Å². The van der Waals surface area contributed by atoms with E-state index in [4.69, 9.17) is 5.73 Å². The van der Waals surface area contributed by atoms with Gasteiger partial charge in [-0.3, -0.25) is 4.90 Å². The molecule has 1 fully saturated rings. The third-order valence-electron chi connectivity index (χ3n) is 2.51. The first kappa shape index (κ1) is 9.96. The summed E-state index contributed by atoms with van der Waals surface area (Å²) >= 11 is 0. The van der Waals surface area contributed by atoms with Gasteiger partial charge in [-0.25, -0.2) is 0 Å². The maximum Gasteiger partial charge on any atom is 0.0196 e. The fraction of sp³-hybridized carbons (Fsp3) is 1.00. The number of nitrogens with one attached hydrogen (secondary N) is 1. The van der Waals surface area contributed by atoms with Gasteiger partial charge in [-0.15, -0.1) is 0 Å². The molecule has 1 heterocycles. The Hall–Kier alpha value is -0.120. The summed E-state index contributed by atoms with van der Waals surface area (Å²) in [4.78, 5) is 2.49. The third-order valence-corrected chi connectivity index (χ3v) is 2.51. The Balaban J connectivity index is 2.45. The number of piperazine rings is 1. The minimum atomic E-state index is 0.285. The molecule has 0 spiro atoms. The van der Waals surface area contributed by atoms with Crippen LogP contribution in [0.1, 0.15) is 20.8 Å². The van der Waals surface area contributed by atoms with Gasteiger partial charge < -0.3 is 11.1 Å². The minimum absolute atomic E-state index is 0.285. The van der Waals surface area contributed by atoms with Gasteiger partial charge in [-0.1, -0.05) is 0 Å². The second-order valence-corrected chi connectivity index (χ2v) is 4.03. The molecular weight excluding hydrogens is 150 g/mol. The molecule has 1 rings (SSSR count). The van der Waals surface area contributed by atoms with Crippen LogP contribution in [-0.4, -0.2) is 42.7 Å². The molecule has 3 N–H and O–H groups in total. The quantitative estimate of drug-likeness (QED) is 0.615. The molecule has 0 radical (unpaired) electrons. The predicted molar refractivity (Wildman–Crippen MR) is 52.1 cm³/mol. The molecule has 3 nitrogen and oxygen atoms in total. The highest BCUT2D eigenvalue weighted by molar-refractivity contribution is 4.83. The third kappa shape index (κ3) is 2.44. The zero-order valence-corrected chi connectivity index (χ0v) is 8.38. The van der Waals surface area contributed by atoms with Crippen LogP contribution in [0.2, 0.25) is 0 Å². The van der Waals surface area contributed by atoms with Gasteiger partial charge >= 0.3 is 0 Å². The SMILES string of the molecule is CC(N)CN1C(C)CNCC1C. The highest BCUT2D eigenvalue weighted by Gasteiger charge is 2.24. The first-order valence-corrected chi connectivity index (χ1v) is 4.83. The van der Waals surface area contributed by atoms with E-state index < -0.39 is 0 Å². The summed E-state index contributed by atoms with van der Waals surface area (Å²) in [7, 11) is 0. The summed E-state index contributed by atoms with van der Waals surface area (Å²) < 4.78 is 0. The van der Waals surface area contributed by atoms with Crippen LogP contribution < -0.4 is 11.1 Å². The lowest BCUT2D eigenvalue weighted by molar-refractivity contribution is 0.111. The van der Waals surface area contributed by atoms with Crippen LogP contribution in [0.5, 0.6) is 0 Å². The van der Waals surface area contributed by atoms with Gasteiger partial charge in [0.25, 0.3) is 0 Å². The lowest BCUT2D eigenvalue weighted by Crippen LogP contribution is -2.57. The number of hydrogen-bond donors (Lipinski definition) is 2. The van der Waals surface area contributed by atoms with E-state index in [2.05, 4.69) is 31.0 Å². The van der Waals surface area contributed by atoms with Gasteiger partial charge in [0.1, 0.15) is 0 Å². The molecule has 1 saturated heterocycles. The second kappa shape index (κ2) is 4.21. The van der Waals surface area contributed by atoms with Gasteiger partial charge in [-0.2, -0.15) is 0 Å². The van der Waals surface area contributed by atoms with Crippen molar-refractivity contribution in [2.75, 3.05) is 19.6 Å². The van der Waals surface area contributed by atoms with Gasteiger partial charge in [0.05, 0.1) is 0 Å². The fourth-order valence-electron chi connectivity index (χ4n) is 1.86. The summed E-state index contributed by atoms with van der Waals surface area (Å²) in [6.07, 6.45) is 0. The second-order valence-electron chi connectivity index (χ2n) is 4.03. The lowest BCUT2D eigenvalue weighted by atomic mass is 10.1. The summed E-state index contributed by atoms with van der Waals surface area (Å²) in [5.41, 5.74) is 5.79. The molecule has 12 heavy (non-hydrogen) atoms. The van der Waals surface area contributed by atoms with E-state index in [1.54, 1.807) is 0 Å². The Morgan fingerprint density at radius 3 is 2.33 bits per heavy atom. The number of nitrogens with zero attached hydrogens (tertiary/aromatic N) is 1. The lowest BCUT2D eigenvalue weighted by Gasteiger charge is -2.40. The van der Waals surface area contributed by atoms with Crippen LogP contribution in [0.3, 0.4) is 0 Å². The molecular formula is C9H21N3. The Kier molecular flexibility index (Phi) is 3.50. The van der Waals surface area contributed by atoms with Crippen LogP contribution in [0, 0.1) is 0 Å². The Labute approximate surface area is 75.3 Å². The molecule has 0 aromatic rings. The molecule has 1 aliphatic rings.